The van der Waals surface area contributed by atoms with Crippen LogP contribution in [0, 0.1) is 0 Å². The van der Waals surface area contributed by atoms with Gasteiger partial charge >= 0.3 is 0 Å². The predicted molar refractivity (Wildman–Crippen MR) is 113 cm³/mol. The summed E-state index contributed by atoms with van der Waals surface area (Å²) < 4.78 is 0. The van der Waals surface area contributed by atoms with E-state index in [1.165, 1.54) is 0 Å². The van der Waals surface area contributed by atoms with Gasteiger partial charge in [-0.15, -0.1) is 36.2 Å². The van der Waals surface area contributed by atoms with E-state index in [2.05, 4.69) is 38.5 Å². The van der Waals surface area contributed by atoms with E-state index < -0.39 is 0 Å². The molecule has 132 valence electrons. The summed E-state index contributed by atoms with van der Waals surface area (Å²) in [5.74, 6) is 1.51. The first-order valence-corrected chi connectivity index (χ1v) is 8.42. The molecule has 0 spiro atoms. The largest absolute Gasteiger partial charge is 0.325 e. The van der Waals surface area contributed by atoms with Gasteiger partial charge < -0.3 is 5.32 Å². The molecule has 0 aliphatic heterocycles. The Morgan fingerprint density at radius 2 is 1.58 bits per heavy atom. The highest BCUT2D eigenvalue weighted by Crippen LogP contribution is 2.23. The van der Waals surface area contributed by atoms with E-state index in [0.717, 1.165) is 33.5 Å². The van der Waals surface area contributed by atoms with Gasteiger partial charge in [0.05, 0.1) is 0 Å². The Morgan fingerprint density at radius 1 is 0.731 bits per heavy atom. The van der Waals surface area contributed by atoms with E-state index in [9.17, 15) is 0 Å². The minimum Gasteiger partial charge on any atom is -0.325 e. The van der Waals surface area contributed by atoms with E-state index in [1.807, 2.05) is 54.0 Å². The van der Waals surface area contributed by atoms with Gasteiger partial charge in [-0.3, -0.25) is 0 Å². The summed E-state index contributed by atoms with van der Waals surface area (Å²) in [6.45, 7) is 0. The van der Waals surface area contributed by atoms with Crippen LogP contribution in [0.2, 0.25) is 0 Å². The van der Waals surface area contributed by atoms with Crippen LogP contribution in [0.3, 0.4) is 0 Å². The van der Waals surface area contributed by atoms with Gasteiger partial charge in [0.15, 0.2) is 0 Å². The third-order valence-electron chi connectivity index (χ3n) is 3.53. The average Bonchev–Trinajstić information content (AvgIpc) is 3.18. The molecular weight excluding hydrogens is 387 g/mol. The Balaban J connectivity index is 0.00000121. The Hall–Kier alpha value is -2.47. The third kappa shape index (κ3) is 4.58. The molecule has 7 heteroatoms. The number of pyridine rings is 2. The van der Waals surface area contributed by atoms with Crippen molar-refractivity contribution in [3.63, 3.8) is 0 Å². The van der Waals surface area contributed by atoms with Crippen LogP contribution in [-0.2, 0) is 0 Å². The predicted octanol–water partition coefficient (Wildman–Crippen LogP) is 5.85. The molecule has 0 bridgehead atoms. The first-order chi connectivity index (χ1) is 11.9. The molecule has 4 nitrogen and oxygen atoms in total. The number of benzene rings is 1. The standard InChI is InChI=1S/C19H14N4S.2ClH/c1-2-5-14(6-3-1)15-9-10-17(21-13-15)23-18-8-4-7-16(22-18)19-20-11-12-24-19;;/h1-13H,(H,21,22,23);2*1H. The summed E-state index contributed by atoms with van der Waals surface area (Å²) in [7, 11) is 0. The van der Waals surface area contributed by atoms with Gasteiger partial charge in [0, 0.05) is 23.3 Å². The highest BCUT2D eigenvalue weighted by atomic mass is 35.5. The van der Waals surface area contributed by atoms with Crippen molar-refractivity contribution in [3.05, 3.63) is 78.4 Å². The zero-order valence-corrected chi connectivity index (χ0v) is 16.0. The SMILES string of the molecule is Cl.Cl.c1ccc(-c2ccc(Nc3cccc(-c4nccs4)n3)nc2)cc1. The number of nitrogens with zero attached hydrogens (tertiary/aromatic N) is 3. The normalized spacial score (nSPS) is 9.69. The van der Waals surface area contributed by atoms with Gasteiger partial charge in [0.25, 0.3) is 0 Å². The van der Waals surface area contributed by atoms with Crippen molar-refractivity contribution in [2.45, 2.75) is 0 Å². The van der Waals surface area contributed by atoms with E-state index in [-0.39, 0.29) is 24.8 Å². The van der Waals surface area contributed by atoms with E-state index in [0.29, 0.717) is 0 Å². The lowest BCUT2D eigenvalue weighted by atomic mass is 10.1. The number of anilines is 2. The molecule has 4 aromatic rings. The van der Waals surface area contributed by atoms with Crippen molar-refractivity contribution in [2.75, 3.05) is 5.32 Å². The first-order valence-electron chi connectivity index (χ1n) is 7.54. The molecule has 3 aromatic heterocycles. The molecule has 0 aliphatic rings. The fraction of sp³-hybridized carbons (Fsp3) is 0. The second-order valence-electron chi connectivity index (χ2n) is 5.17. The highest BCUT2D eigenvalue weighted by molar-refractivity contribution is 7.13. The van der Waals surface area contributed by atoms with Crippen LogP contribution in [0.4, 0.5) is 11.6 Å². The number of hydrogen-bond donors (Lipinski definition) is 1. The van der Waals surface area contributed by atoms with Gasteiger partial charge in [-0.2, -0.15) is 0 Å². The van der Waals surface area contributed by atoms with Crippen molar-refractivity contribution >= 4 is 47.8 Å². The molecule has 0 amide bonds. The maximum absolute atomic E-state index is 4.59. The smallest absolute Gasteiger partial charge is 0.141 e. The van der Waals surface area contributed by atoms with Gasteiger partial charge in [-0.05, 0) is 29.8 Å². The summed E-state index contributed by atoms with van der Waals surface area (Å²) in [5.41, 5.74) is 3.10. The fourth-order valence-corrected chi connectivity index (χ4v) is 2.98. The number of rotatable bonds is 4. The molecule has 1 aromatic carbocycles. The zero-order chi connectivity index (χ0) is 16.2. The van der Waals surface area contributed by atoms with Crippen molar-refractivity contribution in [1.29, 1.82) is 0 Å². The van der Waals surface area contributed by atoms with Crippen molar-refractivity contribution in [1.82, 2.24) is 15.0 Å². The number of halogens is 2. The Kier molecular flexibility index (Phi) is 7.09. The van der Waals surface area contributed by atoms with Gasteiger partial charge in [0.1, 0.15) is 22.3 Å². The average molecular weight is 403 g/mol. The van der Waals surface area contributed by atoms with E-state index in [1.54, 1.807) is 17.5 Å². The zero-order valence-electron chi connectivity index (χ0n) is 13.6. The van der Waals surface area contributed by atoms with Crippen LogP contribution < -0.4 is 5.32 Å². The Labute approximate surface area is 168 Å². The van der Waals surface area contributed by atoms with Crippen LogP contribution >= 0.6 is 36.2 Å². The molecule has 4 rings (SSSR count). The number of hydrogen-bond acceptors (Lipinski definition) is 5. The molecular formula is C19H16Cl2N4S. The van der Waals surface area contributed by atoms with Crippen LogP contribution in [0.1, 0.15) is 0 Å². The van der Waals surface area contributed by atoms with Crippen LogP contribution in [0.15, 0.2) is 78.4 Å². The minimum atomic E-state index is 0. The van der Waals surface area contributed by atoms with Crippen molar-refractivity contribution in [2.24, 2.45) is 0 Å². The molecule has 26 heavy (non-hydrogen) atoms. The number of thiazole rings is 1. The quantitative estimate of drug-likeness (QED) is 0.464. The van der Waals surface area contributed by atoms with Crippen molar-refractivity contribution in [3.8, 4) is 21.8 Å². The lowest BCUT2D eigenvalue weighted by Gasteiger charge is -2.07. The molecule has 0 fully saturated rings. The maximum atomic E-state index is 4.59. The van der Waals surface area contributed by atoms with Crippen LogP contribution in [-0.4, -0.2) is 15.0 Å². The Bertz CT molecular complexity index is 929. The third-order valence-corrected chi connectivity index (χ3v) is 4.32. The summed E-state index contributed by atoms with van der Waals surface area (Å²) in [6.07, 6.45) is 3.65. The molecule has 0 radical (unpaired) electrons. The number of aromatic nitrogens is 3. The second-order valence-corrected chi connectivity index (χ2v) is 6.06. The second kappa shape index (κ2) is 9.29. The molecule has 0 aliphatic carbocycles. The van der Waals surface area contributed by atoms with Crippen LogP contribution in [0.25, 0.3) is 21.8 Å². The molecule has 3 heterocycles. The van der Waals surface area contributed by atoms with Gasteiger partial charge in [-0.25, -0.2) is 15.0 Å². The fourth-order valence-electron chi connectivity index (χ4n) is 2.37. The first kappa shape index (κ1) is 19.8. The number of nitrogens with one attached hydrogen (secondary N) is 1. The summed E-state index contributed by atoms with van der Waals surface area (Å²) in [5, 5.41) is 6.09. The summed E-state index contributed by atoms with van der Waals surface area (Å²) in [6, 6.07) is 20.0. The monoisotopic (exact) mass is 402 g/mol. The molecule has 0 unspecified atom stereocenters. The topological polar surface area (TPSA) is 50.7 Å². The summed E-state index contributed by atoms with van der Waals surface area (Å²) in [4.78, 5) is 13.4. The maximum Gasteiger partial charge on any atom is 0.141 e. The van der Waals surface area contributed by atoms with Crippen molar-refractivity contribution < 1.29 is 0 Å². The molecule has 0 atom stereocenters. The highest BCUT2D eigenvalue weighted by Gasteiger charge is 2.04. The molecule has 1 N–H and O–H groups in total. The van der Waals surface area contributed by atoms with E-state index >= 15 is 0 Å². The van der Waals surface area contributed by atoms with Gasteiger partial charge in [-0.1, -0.05) is 36.4 Å². The lowest BCUT2D eigenvalue weighted by Crippen LogP contribution is -1.96. The lowest BCUT2D eigenvalue weighted by molar-refractivity contribution is 1.24. The molecule has 0 saturated heterocycles. The Morgan fingerprint density at radius 3 is 2.27 bits per heavy atom. The molecule has 0 saturated carbocycles. The summed E-state index contributed by atoms with van der Waals surface area (Å²) >= 11 is 1.57. The van der Waals surface area contributed by atoms with Crippen LogP contribution in [0.5, 0.6) is 0 Å². The van der Waals surface area contributed by atoms with E-state index in [4.69, 9.17) is 0 Å². The minimum absolute atomic E-state index is 0. The van der Waals surface area contributed by atoms with Gasteiger partial charge in [0.2, 0.25) is 0 Å².